The lowest BCUT2D eigenvalue weighted by Crippen LogP contribution is -2.33. The molecule has 2 fully saturated rings. The Balaban J connectivity index is 2.16. The molecule has 0 N–H and O–H groups in total. The number of Topliss-reactive ketones (excluding diaryl/α,β-unsaturated/α-hetero) is 1. The zero-order valence-corrected chi connectivity index (χ0v) is 6.93. The monoisotopic (exact) mass is 154 g/mol. The van der Waals surface area contributed by atoms with Crippen LogP contribution in [0.5, 0.6) is 0 Å². The lowest BCUT2D eigenvalue weighted by Gasteiger charge is -2.20. The fourth-order valence-electron chi connectivity index (χ4n) is 2.23. The quantitative estimate of drug-likeness (QED) is 0.530. The maximum absolute atomic E-state index is 11.4. The van der Waals surface area contributed by atoms with Gasteiger partial charge in [0.1, 0.15) is 5.60 Å². The first-order valence-electron chi connectivity index (χ1n) is 4.44. The standard InChI is InChI=1S/C9H14O2/c1-7-4-6-9(11-7)5-2-3-8(9)10/h7H,2-6H2,1H3/t7-,9+/m0/s1. The van der Waals surface area contributed by atoms with Crippen LogP contribution in [0, 0.1) is 0 Å². The van der Waals surface area contributed by atoms with Crippen molar-refractivity contribution in [1.82, 2.24) is 0 Å². The highest BCUT2D eigenvalue weighted by Gasteiger charge is 2.47. The Morgan fingerprint density at radius 2 is 2.36 bits per heavy atom. The molecule has 2 rings (SSSR count). The van der Waals surface area contributed by atoms with Crippen molar-refractivity contribution in [3.8, 4) is 0 Å². The normalized spacial score (nSPS) is 44.1. The highest BCUT2D eigenvalue weighted by molar-refractivity contribution is 5.89. The molecule has 1 saturated heterocycles. The van der Waals surface area contributed by atoms with E-state index in [4.69, 9.17) is 4.74 Å². The molecule has 0 unspecified atom stereocenters. The molecule has 0 amide bonds. The zero-order valence-electron chi connectivity index (χ0n) is 6.93. The molecule has 1 heterocycles. The summed E-state index contributed by atoms with van der Waals surface area (Å²) in [6, 6.07) is 0. The van der Waals surface area contributed by atoms with E-state index in [0.29, 0.717) is 11.9 Å². The Kier molecular flexibility index (Phi) is 1.53. The molecular formula is C9H14O2. The maximum atomic E-state index is 11.4. The SMILES string of the molecule is C[C@H]1CC[C@@]2(CCCC2=O)O1. The first kappa shape index (κ1) is 7.29. The summed E-state index contributed by atoms with van der Waals surface area (Å²) < 4.78 is 5.67. The number of ether oxygens (including phenoxy) is 1. The second-order valence-electron chi connectivity index (χ2n) is 3.74. The Labute approximate surface area is 66.9 Å². The minimum absolute atomic E-state index is 0.303. The molecule has 1 saturated carbocycles. The third-order valence-electron chi connectivity index (χ3n) is 2.87. The fourth-order valence-corrected chi connectivity index (χ4v) is 2.23. The second kappa shape index (κ2) is 2.31. The van der Waals surface area contributed by atoms with Gasteiger partial charge in [-0.25, -0.2) is 0 Å². The topological polar surface area (TPSA) is 26.3 Å². The van der Waals surface area contributed by atoms with Crippen LogP contribution < -0.4 is 0 Å². The predicted molar refractivity (Wildman–Crippen MR) is 41.4 cm³/mol. The van der Waals surface area contributed by atoms with Gasteiger partial charge < -0.3 is 4.74 Å². The van der Waals surface area contributed by atoms with Crippen molar-refractivity contribution in [2.75, 3.05) is 0 Å². The molecule has 2 nitrogen and oxygen atoms in total. The number of hydrogen-bond acceptors (Lipinski definition) is 2. The molecule has 1 aliphatic heterocycles. The van der Waals surface area contributed by atoms with Crippen LogP contribution in [-0.4, -0.2) is 17.5 Å². The summed E-state index contributed by atoms with van der Waals surface area (Å²) in [5, 5.41) is 0. The second-order valence-corrected chi connectivity index (χ2v) is 3.74. The van der Waals surface area contributed by atoms with Crippen molar-refractivity contribution in [2.45, 2.75) is 50.7 Å². The summed E-state index contributed by atoms with van der Waals surface area (Å²) >= 11 is 0. The lowest BCUT2D eigenvalue weighted by atomic mass is 9.97. The molecular weight excluding hydrogens is 140 g/mol. The predicted octanol–water partition coefficient (Wildman–Crippen LogP) is 1.68. The summed E-state index contributed by atoms with van der Waals surface area (Å²) in [5.41, 5.74) is -0.320. The molecule has 0 aromatic carbocycles. The van der Waals surface area contributed by atoms with Crippen LogP contribution in [0.25, 0.3) is 0 Å². The molecule has 0 aromatic rings. The van der Waals surface area contributed by atoms with E-state index in [1.165, 1.54) is 0 Å². The van der Waals surface area contributed by atoms with Gasteiger partial charge in [0.2, 0.25) is 0 Å². The van der Waals surface area contributed by atoms with Crippen LogP contribution in [-0.2, 0) is 9.53 Å². The van der Waals surface area contributed by atoms with E-state index < -0.39 is 0 Å². The third kappa shape index (κ3) is 1.00. The van der Waals surface area contributed by atoms with Gasteiger partial charge in [0.25, 0.3) is 0 Å². The summed E-state index contributed by atoms with van der Waals surface area (Å²) in [4.78, 5) is 11.4. The number of ketones is 1. The number of hydrogen-bond donors (Lipinski definition) is 0. The summed E-state index contributed by atoms with van der Waals surface area (Å²) in [6.45, 7) is 2.06. The van der Waals surface area contributed by atoms with Gasteiger partial charge in [-0.2, -0.15) is 0 Å². The third-order valence-corrected chi connectivity index (χ3v) is 2.87. The first-order chi connectivity index (χ1) is 5.23. The highest BCUT2D eigenvalue weighted by atomic mass is 16.5. The van der Waals surface area contributed by atoms with E-state index >= 15 is 0 Å². The van der Waals surface area contributed by atoms with Crippen LogP contribution in [0.2, 0.25) is 0 Å². The molecule has 0 bridgehead atoms. The molecule has 0 radical (unpaired) electrons. The molecule has 2 heteroatoms. The number of carbonyl (C=O) groups is 1. The van der Waals surface area contributed by atoms with Crippen LogP contribution in [0.15, 0.2) is 0 Å². The molecule has 62 valence electrons. The highest BCUT2D eigenvalue weighted by Crippen LogP contribution is 2.40. The van der Waals surface area contributed by atoms with Gasteiger partial charge in [-0.1, -0.05) is 0 Å². The summed E-state index contributed by atoms with van der Waals surface area (Å²) in [5.74, 6) is 0.349. The largest absolute Gasteiger partial charge is 0.364 e. The van der Waals surface area contributed by atoms with Gasteiger partial charge in [-0.3, -0.25) is 4.79 Å². The molecule has 2 atom stereocenters. The molecule has 0 aromatic heterocycles. The Hall–Kier alpha value is -0.370. The Bertz CT molecular complexity index is 188. The van der Waals surface area contributed by atoms with Gasteiger partial charge in [0.05, 0.1) is 6.10 Å². The molecule has 2 aliphatic rings. The van der Waals surface area contributed by atoms with E-state index in [9.17, 15) is 4.79 Å². The number of rotatable bonds is 0. The van der Waals surface area contributed by atoms with Crippen molar-refractivity contribution < 1.29 is 9.53 Å². The molecule has 11 heavy (non-hydrogen) atoms. The Morgan fingerprint density at radius 3 is 2.82 bits per heavy atom. The molecule has 1 aliphatic carbocycles. The minimum Gasteiger partial charge on any atom is -0.364 e. The van der Waals surface area contributed by atoms with Crippen molar-refractivity contribution in [3.63, 3.8) is 0 Å². The van der Waals surface area contributed by atoms with Crippen LogP contribution in [0.3, 0.4) is 0 Å². The van der Waals surface area contributed by atoms with E-state index in [1.807, 2.05) is 0 Å². The van der Waals surface area contributed by atoms with Gasteiger partial charge in [0.15, 0.2) is 5.78 Å². The average Bonchev–Trinajstić information content (AvgIpc) is 2.46. The maximum Gasteiger partial charge on any atom is 0.164 e. The van der Waals surface area contributed by atoms with E-state index in [0.717, 1.165) is 32.1 Å². The summed E-state index contributed by atoms with van der Waals surface area (Å²) in [7, 11) is 0. The smallest absolute Gasteiger partial charge is 0.164 e. The van der Waals surface area contributed by atoms with Crippen molar-refractivity contribution in [3.05, 3.63) is 0 Å². The zero-order chi connectivity index (χ0) is 7.90. The van der Waals surface area contributed by atoms with Crippen LogP contribution in [0.4, 0.5) is 0 Å². The van der Waals surface area contributed by atoms with Gasteiger partial charge in [0, 0.05) is 6.42 Å². The van der Waals surface area contributed by atoms with E-state index in [-0.39, 0.29) is 5.60 Å². The average molecular weight is 154 g/mol. The van der Waals surface area contributed by atoms with Crippen molar-refractivity contribution >= 4 is 5.78 Å². The molecule has 1 spiro atoms. The van der Waals surface area contributed by atoms with Gasteiger partial charge in [-0.15, -0.1) is 0 Å². The lowest BCUT2D eigenvalue weighted by molar-refractivity contribution is -0.137. The van der Waals surface area contributed by atoms with Gasteiger partial charge in [-0.05, 0) is 32.6 Å². The summed E-state index contributed by atoms with van der Waals surface area (Å²) in [6.07, 6.45) is 5.07. The number of carbonyl (C=O) groups excluding carboxylic acids is 1. The van der Waals surface area contributed by atoms with Crippen molar-refractivity contribution in [2.24, 2.45) is 0 Å². The fraction of sp³-hybridized carbons (Fsp3) is 0.889. The Morgan fingerprint density at radius 1 is 1.55 bits per heavy atom. The van der Waals surface area contributed by atoms with Crippen molar-refractivity contribution in [1.29, 1.82) is 0 Å². The van der Waals surface area contributed by atoms with Gasteiger partial charge >= 0.3 is 0 Å². The minimum atomic E-state index is -0.320. The van der Waals surface area contributed by atoms with Crippen LogP contribution >= 0.6 is 0 Å². The van der Waals surface area contributed by atoms with Crippen LogP contribution in [0.1, 0.15) is 39.0 Å². The van der Waals surface area contributed by atoms with E-state index in [1.54, 1.807) is 0 Å². The van der Waals surface area contributed by atoms with E-state index in [2.05, 4.69) is 6.92 Å². The first-order valence-corrected chi connectivity index (χ1v) is 4.44.